The molecule has 0 aliphatic heterocycles. The minimum atomic E-state index is -0.00518. The molecule has 0 aliphatic carbocycles. The summed E-state index contributed by atoms with van der Waals surface area (Å²) in [4.78, 5) is 0. The summed E-state index contributed by atoms with van der Waals surface area (Å²) in [7, 11) is 0. The van der Waals surface area contributed by atoms with E-state index in [1.165, 1.54) is 56.3 Å². The van der Waals surface area contributed by atoms with Crippen molar-refractivity contribution in [2.75, 3.05) is 13.2 Å². The van der Waals surface area contributed by atoms with E-state index in [1.807, 2.05) is 48.5 Å². The van der Waals surface area contributed by atoms with Gasteiger partial charge in [0.15, 0.2) is 0 Å². The maximum absolute atomic E-state index is 6.36. The van der Waals surface area contributed by atoms with Gasteiger partial charge in [-0.05, 0) is 60.9 Å². The van der Waals surface area contributed by atoms with Crippen LogP contribution in [0.25, 0.3) is 10.6 Å². The fraction of sp³-hybridized carbons (Fsp3) is 0.533. The van der Waals surface area contributed by atoms with Gasteiger partial charge < -0.3 is 9.47 Å². The molecule has 0 N–H and O–H groups in total. The Morgan fingerprint density at radius 1 is 0.789 bits per heavy atom. The Labute approximate surface area is 236 Å². The third-order valence-corrected chi connectivity index (χ3v) is 7.95. The molecule has 8 heteroatoms. The fourth-order valence-corrected chi connectivity index (χ4v) is 4.71. The Morgan fingerprint density at radius 3 is 2.11 bits per heavy atom. The molecule has 206 valence electrons. The number of rotatable bonds is 18. The van der Waals surface area contributed by atoms with E-state index in [1.54, 1.807) is 0 Å². The van der Waals surface area contributed by atoms with E-state index in [0.29, 0.717) is 17.7 Å². The number of azo groups is 1. The molecule has 3 aromatic rings. The molecule has 1 heterocycles. The van der Waals surface area contributed by atoms with Crippen LogP contribution in [0.5, 0.6) is 11.5 Å². The molecule has 6 nitrogen and oxygen atoms in total. The molecule has 0 fully saturated rings. The largest absolute Gasteiger partial charge is 0.494 e. The topological polar surface area (TPSA) is 69.0 Å². The van der Waals surface area contributed by atoms with Gasteiger partial charge in [0.1, 0.15) is 23.1 Å². The average molecular weight is 557 g/mol. The van der Waals surface area contributed by atoms with Crippen LogP contribution in [0.4, 0.5) is 10.8 Å². The normalized spacial score (nSPS) is 13.1. The van der Waals surface area contributed by atoms with Crippen molar-refractivity contribution in [3.63, 3.8) is 0 Å². The van der Waals surface area contributed by atoms with Gasteiger partial charge in [-0.15, -0.1) is 32.0 Å². The molecule has 0 saturated heterocycles. The summed E-state index contributed by atoms with van der Waals surface area (Å²) < 4.78 is 11.7. The summed E-state index contributed by atoms with van der Waals surface area (Å²) in [5.74, 6) is 2.06. The minimum Gasteiger partial charge on any atom is -0.494 e. The molecular weight excluding hydrogens is 516 g/mol. The zero-order valence-corrected chi connectivity index (χ0v) is 24.5. The number of aromatic nitrogens is 2. The monoisotopic (exact) mass is 556 g/mol. The van der Waals surface area contributed by atoms with Crippen LogP contribution >= 0.6 is 22.9 Å². The van der Waals surface area contributed by atoms with Crippen molar-refractivity contribution in [3.05, 3.63) is 48.5 Å². The summed E-state index contributed by atoms with van der Waals surface area (Å²) in [6.07, 6.45) is 11.4. The second-order valence-electron chi connectivity index (χ2n) is 9.64. The maximum atomic E-state index is 6.36. The van der Waals surface area contributed by atoms with Gasteiger partial charge in [-0.3, -0.25) is 0 Å². The van der Waals surface area contributed by atoms with E-state index < -0.39 is 0 Å². The molecule has 38 heavy (non-hydrogen) atoms. The van der Waals surface area contributed by atoms with E-state index in [2.05, 4.69) is 41.2 Å². The highest BCUT2D eigenvalue weighted by molar-refractivity contribution is 7.18. The van der Waals surface area contributed by atoms with Crippen molar-refractivity contribution in [2.45, 2.75) is 83.9 Å². The summed E-state index contributed by atoms with van der Waals surface area (Å²) in [6.45, 7) is 7.76. The van der Waals surface area contributed by atoms with Gasteiger partial charge in [-0.25, -0.2) is 0 Å². The summed E-state index contributed by atoms with van der Waals surface area (Å²) in [5.41, 5.74) is 1.70. The van der Waals surface area contributed by atoms with Gasteiger partial charge in [0.05, 0.1) is 17.7 Å². The van der Waals surface area contributed by atoms with Gasteiger partial charge >= 0.3 is 0 Å². The second-order valence-corrected chi connectivity index (χ2v) is 11.2. The Bertz CT molecular complexity index is 1070. The molecule has 0 bridgehead atoms. The zero-order valence-electron chi connectivity index (χ0n) is 22.9. The number of halogens is 1. The van der Waals surface area contributed by atoms with Crippen LogP contribution in [-0.4, -0.2) is 28.8 Å². The predicted molar refractivity (Wildman–Crippen MR) is 159 cm³/mol. The number of hydrogen-bond acceptors (Lipinski definition) is 7. The van der Waals surface area contributed by atoms with Crippen molar-refractivity contribution in [1.82, 2.24) is 10.2 Å². The first-order valence-electron chi connectivity index (χ1n) is 13.9. The number of alkyl halides is 1. The molecular formula is C30H41ClN4O2S. The van der Waals surface area contributed by atoms with Crippen molar-refractivity contribution in [2.24, 2.45) is 16.1 Å². The first kappa shape index (κ1) is 30.0. The Morgan fingerprint density at radius 2 is 1.42 bits per heavy atom. The Balaban J connectivity index is 1.40. The molecule has 0 amide bonds. The Hall–Kier alpha value is -2.51. The minimum absolute atomic E-state index is 0.00518. The molecule has 1 aromatic heterocycles. The summed E-state index contributed by atoms with van der Waals surface area (Å²) >= 11 is 7.76. The van der Waals surface area contributed by atoms with Crippen LogP contribution in [-0.2, 0) is 0 Å². The SMILES string of the molecule is CCCCCCCCCCOc1ccc(-c2nnc(N=Nc3ccc(OC[C@@H](Cl)[C@@H](C)CC)cc3)s2)cc1. The molecule has 2 atom stereocenters. The average Bonchev–Trinajstić information content (AvgIpc) is 3.43. The molecule has 0 spiro atoms. The smallest absolute Gasteiger partial charge is 0.252 e. The fourth-order valence-electron chi connectivity index (χ4n) is 3.80. The highest BCUT2D eigenvalue weighted by Gasteiger charge is 2.13. The first-order chi connectivity index (χ1) is 18.6. The van der Waals surface area contributed by atoms with Crippen LogP contribution in [0, 0.1) is 5.92 Å². The van der Waals surface area contributed by atoms with E-state index in [0.717, 1.165) is 47.2 Å². The maximum Gasteiger partial charge on any atom is 0.252 e. The highest BCUT2D eigenvalue weighted by atomic mass is 35.5. The van der Waals surface area contributed by atoms with E-state index >= 15 is 0 Å². The molecule has 2 aromatic carbocycles. The molecule has 0 radical (unpaired) electrons. The second kappa shape index (κ2) is 17.2. The number of ether oxygens (including phenoxy) is 2. The van der Waals surface area contributed by atoms with Crippen LogP contribution < -0.4 is 9.47 Å². The van der Waals surface area contributed by atoms with Gasteiger partial charge in [0.2, 0.25) is 0 Å². The molecule has 3 rings (SSSR count). The van der Waals surface area contributed by atoms with Crippen LogP contribution in [0.15, 0.2) is 58.8 Å². The lowest BCUT2D eigenvalue weighted by molar-refractivity contribution is 0.286. The van der Waals surface area contributed by atoms with Crippen molar-refractivity contribution < 1.29 is 9.47 Å². The number of unbranched alkanes of at least 4 members (excludes halogenated alkanes) is 7. The number of nitrogens with zero attached hydrogens (tertiary/aromatic N) is 4. The summed E-state index contributed by atoms with van der Waals surface area (Å²) in [5, 5.41) is 18.3. The predicted octanol–water partition coefficient (Wildman–Crippen LogP) is 10.2. The zero-order chi connectivity index (χ0) is 27.0. The van der Waals surface area contributed by atoms with Crippen LogP contribution in [0.3, 0.4) is 0 Å². The third-order valence-electron chi connectivity index (χ3n) is 6.54. The van der Waals surface area contributed by atoms with Crippen molar-refractivity contribution >= 4 is 33.8 Å². The molecule has 0 saturated carbocycles. The number of hydrogen-bond donors (Lipinski definition) is 0. The standard InChI is InChI=1S/C30H41ClN4O2S/c1-4-6-7-8-9-10-11-12-21-36-26-17-13-24(14-18-26)29-33-35-30(38-29)34-32-25-15-19-27(20-16-25)37-22-28(31)23(3)5-2/h13-20,23,28H,4-12,21-22H2,1-3H3/t23-,28+/m0/s1. The van der Waals surface area contributed by atoms with Gasteiger partial charge in [-0.2, -0.15) is 0 Å². The van der Waals surface area contributed by atoms with Crippen molar-refractivity contribution in [3.8, 4) is 22.1 Å². The van der Waals surface area contributed by atoms with Crippen LogP contribution in [0.2, 0.25) is 0 Å². The lowest BCUT2D eigenvalue weighted by Crippen LogP contribution is -2.19. The lowest BCUT2D eigenvalue weighted by atomic mass is 10.1. The molecule has 0 unspecified atom stereocenters. The number of benzene rings is 2. The third kappa shape index (κ3) is 10.7. The van der Waals surface area contributed by atoms with Gasteiger partial charge in [0.25, 0.3) is 5.13 Å². The van der Waals surface area contributed by atoms with Crippen LogP contribution in [0.1, 0.15) is 78.6 Å². The van der Waals surface area contributed by atoms with Gasteiger partial charge in [0, 0.05) is 5.56 Å². The van der Waals surface area contributed by atoms with E-state index in [9.17, 15) is 0 Å². The Kier molecular flexibility index (Phi) is 13.6. The summed E-state index contributed by atoms with van der Waals surface area (Å²) in [6, 6.07) is 15.5. The highest BCUT2D eigenvalue weighted by Crippen LogP contribution is 2.30. The lowest BCUT2D eigenvalue weighted by Gasteiger charge is -2.16. The van der Waals surface area contributed by atoms with E-state index in [-0.39, 0.29) is 5.38 Å². The molecule has 0 aliphatic rings. The first-order valence-corrected chi connectivity index (χ1v) is 15.2. The quantitative estimate of drug-likeness (QED) is 0.0887. The van der Waals surface area contributed by atoms with E-state index in [4.69, 9.17) is 21.1 Å². The van der Waals surface area contributed by atoms with Gasteiger partial charge in [-0.1, -0.05) is 83.5 Å². The van der Waals surface area contributed by atoms with Crippen molar-refractivity contribution in [1.29, 1.82) is 0 Å².